The van der Waals surface area contributed by atoms with Crippen molar-refractivity contribution in [2.75, 3.05) is 6.54 Å². The number of rotatable bonds is 5. The molecule has 0 amide bonds. The smallest absolute Gasteiger partial charge is 0.105 e. The Labute approximate surface area is 129 Å². The third-order valence-corrected chi connectivity index (χ3v) is 4.57. The second-order valence-electron chi connectivity index (χ2n) is 7.58. The van der Waals surface area contributed by atoms with E-state index in [-0.39, 0.29) is 11.2 Å². The van der Waals surface area contributed by atoms with E-state index in [0.717, 1.165) is 30.9 Å². The molecule has 0 aromatic carbocycles. The molecule has 0 radical (unpaired) electrons. The predicted molar refractivity (Wildman–Crippen MR) is 86.6 cm³/mol. The summed E-state index contributed by atoms with van der Waals surface area (Å²) in [5.41, 5.74) is 1.10. The average Bonchev–Trinajstić information content (AvgIpc) is 2.76. The van der Waals surface area contributed by atoms with Gasteiger partial charge >= 0.3 is 0 Å². The quantitative estimate of drug-likeness (QED) is 0.866. The maximum Gasteiger partial charge on any atom is 0.105 e. The topological polar surface area (TPSA) is 34.4 Å². The monoisotopic (exact) mass is 293 g/mol. The summed E-state index contributed by atoms with van der Waals surface area (Å²) in [7, 11) is 0. The van der Waals surface area contributed by atoms with Gasteiger partial charge in [-0.25, -0.2) is 0 Å². The Bertz CT molecular complexity index is 487. The van der Waals surface area contributed by atoms with Gasteiger partial charge < -0.3 is 14.5 Å². The van der Waals surface area contributed by atoms with Crippen LogP contribution in [0, 0.1) is 19.8 Å². The summed E-state index contributed by atoms with van der Waals surface area (Å²) in [6, 6.07) is 2.48. The van der Waals surface area contributed by atoms with Crippen LogP contribution in [0.1, 0.15) is 70.6 Å². The number of hydrogen-bond acceptors (Lipinski definition) is 3. The maximum absolute atomic E-state index is 6.31. The zero-order chi connectivity index (χ0) is 15.8. The van der Waals surface area contributed by atoms with E-state index in [9.17, 15) is 0 Å². The van der Waals surface area contributed by atoms with Gasteiger partial charge in [-0.05, 0) is 67.0 Å². The molecule has 1 aliphatic heterocycles. The molecule has 21 heavy (non-hydrogen) atoms. The van der Waals surface area contributed by atoms with Crippen LogP contribution in [0.5, 0.6) is 0 Å². The third kappa shape index (κ3) is 3.51. The molecule has 1 aromatic heterocycles. The first-order chi connectivity index (χ1) is 9.66. The van der Waals surface area contributed by atoms with E-state index in [1.165, 1.54) is 5.56 Å². The van der Waals surface area contributed by atoms with E-state index in [1.807, 2.05) is 6.92 Å². The van der Waals surface area contributed by atoms with Crippen molar-refractivity contribution in [2.45, 2.75) is 78.6 Å². The lowest BCUT2D eigenvalue weighted by molar-refractivity contribution is -0.0779. The molecule has 3 nitrogen and oxygen atoms in total. The molecule has 1 aliphatic rings. The lowest BCUT2D eigenvalue weighted by Crippen LogP contribution is -2.39. The second-order valence-corrected chi connectivity index (χ2v) is 7.58. The van der Waals surface area contributed by atoms with Crippen LogP contribution in [-0.4, -0.2) is 17.7 Å². The first kappa shape index (κ1) is 16.6. The Kier molecular flexibility index (Phi) is 4.55. The van der Waals surface area contributed by atoms with Crippen LogP contribution in [0.3, 0.4) is 0 Å². The molecule has 0 saturated carbocycles. The summed E-state index contributed by atoms with van der Waals surface area (Å²) in [6.07, 6.45) is 2.19. The van der Waals surface area contributed by atoms with E-state index < -0.39 is 0 Å². The van der Waals surface area contributed by atoms with Gasteiger partial charge in [-0.2, -0.15) is 0 Å². The van der Waals surface area contributed by atoms with Crippen LogP contribution in [0.15, 0.2) is 10.5 Å². The van der Waals surface area contributed by atoms with Crippen molar-refractivity contribution >= 4 is 0 Å². The molecule has 2 heterocycles. The first-order valence-electron chi connectivity index (χ1n) is 8.17. The van der Waals surface area contributed by atoms with Gasteiger partial charge in [-0.1, -0.05) is 6.92 Å². The van der Waals surface area contributed by atoms with Gasteiger partial charge in [0, 0.05) is 17.5 Å². The molecule has 3 heteroatoms. The van der Waals surface area contributed by atoms with Crippen LogP contribution < -0.4 is 5.32 Å². The Morgan fingerprint density at radius 1 is 1.29 bits per heavy atom. The van der Waals surface area contributed by atoms with E-state index in [2.05, 4.69) is 52.9 Å². The average molecular weight is 293 g/mol. The summed E-state index contributed by atoms with van der Waals surface area (Å²) in [4.78, 5) is 0. The van der Waals surface area contributed by atoms with Gasteiger partial charge in [0.2, 0.25) is 0 Å². The van der Waals surface area contributed by atoms with Gasteiger partial charge in [0.1, 0.15) is 11.5 Å². The van der Waals surface area contributed by atoms with Crippen molar-refractivity contribution in [3.63, 3.8) is 0 Å². The molecule has 2 unspecified atom stereocenters. The molecule has 0 aliphatic carbocycles. The van der Waals surface area contributed by atoms with E-state index in [0.29, 0.717) is 12.0 Å². The van der Waals surface area contributed by atoms with Gasteiger partial charge in [-0.15, -0.1) is 0 Å². The van der Waals surface area contributed by atoms with E-state index >= 15 is 0 Å². The van der Waals surface area contributed by atoms with Crippen LogP contribution >= 0.6 is 0 Å². The molecule has 2 atom stereocenters. The number of hydrogen-bond donors (Lipinski definition) is 1. The van der Waals surface area contributed by atoms with E-state index in [1.54, 1.807) is 0 Å². The number of nitrogens with one attached hydrogen (secondary N) is 1. The molecule has 2 rings (SSSR count). The van der Waals surface area contributed by atoms with Crippen LogP contribution in [-0.2, 0) is 4.74 Å². The summed E-state index contributed by atoms with van der Waals surface area (Å²) in [5, 5.41) is 3.74. The van der Waals surface area contributed by atoms with Crippen molar-refractivity contribution in [1.29, 1.82) is 0 Å². The van der Waals surface area contributed by atoms with Crippen LogP contribution in [0.2, 0.25) is 0 Å². The third-order valence-electron chi connectivity index (χ3n) is 4.57. The molecule has 0 bridgehead atoms. The fourth-order valence-electron chi connectivity index (χ4n) is 3.85. The van der Waals surface area contributed by atoms with Gasteiger partial charge in [0.05, 0.1) is 11.2 Å². The minimum atomic E-state index is -0.132. The molecular formula is C18H31NO2. The van der Waals surface area contributed by atoms with Crippen molar-refractivity contribution < 1.29 is 9.15 Å². The fraction of sp³-hybridized carbons (Fsp3) is 0.778. The highest BCUT2D eigenvalue weighted by molar-refractivity contribution is 5.26. The highest BCUT2D eigenvalue weighted by Crippen LogP contribution is 2.48. The first-order valence-corrected chi connectivity index (χ1v) is 8.17. The minimum Gasteiger partial charge on any atom is -0.466 e. The number of ether oxygens (including phenoxy) is 1. The molecule has 0 spiro atoms. The summed E-state index contributed by atoms with van der Waals surface area (Å²) in [5.74, 6) is 2.46. The summed E-state index contributed by atoms with van der Waals surface area (Å²) >= 11 is 0. The molecule has 1 aromatic rings. The van der Waals surface area contributed by atoms with Crippen molar-refractivity contribution in [3.8, 4) is 0 Å². The van der Waals surface area contributed by atoms with Crippen LogP contribution in [0.25, 0.3) is 0 Å². The molecular weight excluding hydrogens is 262 g/mol. The normalized spacial score (nSPS) is 25.2. The number of furan rings is 1. The minimum absolute atomic E-state index is 0.0625. The molecule has 120 valence electrons. The lowest BCUT2D eigenvalue weighted by atomic mass is 9.79. The Morgan fingerprint density at radius 3 is 2.38 bits per heavy atom. The largest absolute Gasteiger partial charge is 0.466 e. The highest BCUT2D eigenvalue weighted by atomic mass is 16.5. The Morgan fingerprint density at radius 2 is 1.95 bits per heavy atom. The molecule has 1 N–H and O–H groups in total. The van der Waals surface area contributed by atoms with Gasteiger partial charge in [-0.3, -0.25) is 0 Å². The molecule has 1 saturated heterocycles. The summed E-state index contributed by atoms with van der Waals surface area (Å²) in [6.45, 7) is 16.1. The zero-order valence-corrected chi connectivity index (χ0v) is 14.7. The van der Waals surface area contributed by atoms with Crippen LogP contribution in [0.4, 0.5) is 0 Å². The lowest BCUT2D eigenvalue weighted by Gasteiger charge is -2.33. The molecule has 1 fully saturated rings. The van der Waals surface area contributed by atoms with Crippen molar-refractivity contribution in [3.05, 3.63) is 23.2 Å². The summed E-state index contributed by atoms with van der Waals surface area (Å²) < 4.78 is 12.1. The maximum atomic E-state index is 6.31. The number of aryl methyl sites for hydroxylation is 2. The predicted octanol–water partition coefficient (Wildman–Crippen LogP) is 4.53. The Balaban J connectivity index is 2.34. The highest BCUT2D eigenvalue weighted by Gasteiger charge is 2.49. The van der Waals surface area contributed by atoms with Gasteiger partial charge in [0.25, 0.3) is 0 Å². The fourth-order valence-corrected chi connectivity index (χ4v) is 3.85. The zero-order valence-electron chi connectivity index (χ0n) is 14.7. The standard InChI is InChI=1S/C18H31NO2/c1-8-9-19-16(14-10-12(2)20-13(14)3)15-11-17(4,5)21-18(15,6)7/h10,15-16,19H,8-9,11H2,1-7H3. The van der Waals surface area contributed by atoms with Gasteiger partial charge in [0.15, 0.2) is 0 Å². The van der Waals surface area contributed by atoms with E-state index in [4.69, 9.17) is 9.15 Å². The van der Waals surface area contributed by atoms with Crippen molar-refractivity contribution in [1.82, 2.24) is 5.32 Å². The second kappa shape index (κ2) is 5.77. The Hall–Kier alpha value is -0.800. The SMILES string of the molecule is CCCNC(c1cc(C)oc1C)C1CC(C)(C)OC1(C)C. The van der Waals surface area contributed by atoms with Crippen molar-refractivity contribution in [2.24, 2.45) is 5.92 Å².